The summed E-state index contributed by atoms with van der Waals surface area (Å²) in [6.45, 7) is 4.99. The summed E-state index contributed by atoms with van der Waals surface area (Å²) in [5.41, 5.74) is 0. The summed E-state index contributed by atoms with van der Waals surface area (Å²) in [5, 5.41) is 15.0. The second-order valence-electron chi connectivity index (χ2n) is 3.93. The van der Waals surface area contributed by atoms with Gasteiger partial charge in [-0.3, -0.25) is 0 Å². The molecule has 1 unspecified atom stereocenters. The van der Waals surface area contributed by atoms with E-state index in [0.717, 1.165) is 30.4 Å². The van der Waals surface area contributed by atoms with Crippen LogP contribution in [0.25, 0.3) is 0 Å². The lowest BCUT2D eigenvalue weighted by Crippen LogP contribution is -2.14. The van der Waals surface area contributed by atoms with Gasteiger partial charge in [0, 0.05) is 26.3 Å². The first-order valence-corrected chi connectivity index (χ1v) is 5.54. The second-order valence-corrected chi connectivity index (χ2v) is 3.93. The van der Waals surface area contributed by atoms with Crippen LogP contribution in [0, 0.1) is 12.8 Å². The normalized spacial score (nSPS) is 12.2. The molecule has 0 aromatic carbocycles. The smallest absolute Gasteiger partial charge is 0.131 e. The van der Waals surface area contributed by atoms with Gasteiger partial charge in [-0.05, 0) is 19.3 Å². The van der Waals surface area contributed by atoms with Crippen LogP contribution in [0.1, 0.15) is 19.2 Å². The molecule has 1 atom stereocenters. The van der Waals surface area contributed by atoms with Crippen molar-refractivity contribution in [2.45, 2.75) is 20.3 Å². The lowest BCUT2D eigenvalue weighted by atomic mass is 10.1. The molecule has 0 aliphatic carbocycles. The van der Waals surface area contributed by atoms with Crippen LogP contribution >= 0.6 is 0 Å². The van der Waals surface area contributed by atoms with Crippen LogP contribution in [0.3, 0.4) is 0 Å². The van der Waals surface area contributed by atoms with Crippen molar-refractivity contribution in [2.24, 2.45) is 5.92 Å². The number of nitrogens with zero attached hydrogens (tertiary/aromatic N) is 2. The largest absolute Gasteiger partial charge is 0.396 e. The van der Waals surface area contributed by atoms with Crippen molar-refractivity contribution in [3.8, 4) is 0 Å². The predicted molar refractivity (Wildman–Crippen MR) is 65.7 cm³/mol. The lowest BCUT2D eigenvalue weighted by molar-refractivity contribution is 0.266. The summed E-state index contributed by atoms with van der Waals surface area (Å²) >= 11 is 0. The molecule has 0 saturated heterocycles. The number of aliphatic hydroxyl groups excluding tert-OH is 1. The SMILES string of the molecule is CNc1cc(NCC(C)CCO)nc(C)n1. The Morgan fingerprint density at radius 1 is 1.38 bits per heavy atom. The monoisotopic (exact) mass is 224 g/mol. The van der Waals surface area contributed by atoms with Gasteiger partial charge in [-0.2, -0.15) is 0 Å². The lowest BCUT2D eigenvalue weighted by Gasteiger charge is -2.12. The van der Waals surface area contributed by atoms with Crippen molar-refractivity contribution in [1.82, 2.24) is 9.97 Å². The van der Waals surface area contributed by atoms with E-state index in [1.165, 1.54) is 0 Å². The maximum absolute atomic E-state index is 8.80. The van der Waals surface area contributed by atoms with Gasteiger partial charge in [0.1, 0.15) is 17.5 Å². The van der Waals surface area contributed by atoms with Crippen LogP contribution in [0.5, 0.6) is 0 Å². The number of aryl methyl sites for hydroxylation is 1. The summed E-state index contributed by atoms with van der Waals surface area (Å²) in [6.07, 6.45) is 0.802. The van der Waals surface area contributed by atoms with E-state index < -0.39 is 0 Å². The topological polar surface area (TPSA) is 70.1 Å². The van der Waals surface area contributed by atoms with E-state index in [-0.39, 0.29) is 6.61 Å². The average Bonchev–Trinajstić information content (AvgIpc) is 2.26. The number of rotatable bonds is 6. The van der Waals surface area contributed by atoms with Crippen LogP contribution in [-0.2, 0) is 0 Å². The molecule has 5 heteroatoms. The minimum atomic E-state index is 0.230. The van der Waals surface area contributed by atoms with Crippen molar-refractivity contribution < 1.29 is 5.11 Å². The van der Waals surface area contributed by atoms with Gasteiger partial charge in [0.05, 0.1) is 0 Å². The van der Waals surface area contributed by atoms with E-state index in [1.807, 2.05) is 20.0 Å². The Morgan fingerprint density at radius 3 is 2.69 bits per heavy atom. The van der Waals surface area contributed by atoms with Gasteiger partial charge in [-0.25, -0.2) is 9.97 Å². The standard InChI is InChI=1S/C11H20N4O/c1-8(4-5-16)7-13-11-6-10(12-3)14-9(2)15-11/h6,8,16H,4-5,7H2,1-3H3,(H2,12,13,14,15). The Hall–Kier alpha value is -1.36. The highest BCUT2D eigenvalue weighted by molar-refractivity contribution is 5.47. The third-order valence-electron chi connectivity index (χ3n) is 2.35. The highest BCUT2D eigenvalue weighted by atomic mass is 16.3. The fourth-order valence-corrected chi connectivity index (χ4v) is 1.39. The van der Waals surface area contributed by atoms with Crippen LogP contribution in [0.15, 0.2) is 6.07 Å². The van der Waals surface area contributed by atoms with Gasteiger partial charge in [0.25, 0.3) is 0 Å². The number of nitrogens with one attached hydrogen (secondary N) is 2. The molecule has 5 nitrogen and oxygen atoms in total. The molecule has 3 N–H and O–H groups in total. The molecule has 0 radical (unpaired) electrons. The molecule has 0 saturated carbocycles. The van der Waals surface area contributed by atoms with E-state index in [1.54, 1.807) is 0 Å². The summed E-state index contributed by atoms with van der Waals surface area (Å²) in [4.78, 5) is 8.50. The molecule has 0 fully saturated rings. The van der Waals surface area contributed by atoms with Crippen LogP contribution in [0.2, 0.25) is 0 Å². The zero-order valence-electron chi connectivity index (χ0n) is 10.1. The molecular formula is C11H20N4O. The first-order valence-electron chi connectivity index (χ1n) is 5.54. The Kier molecular flexibility index (Phi) is 4.98. The number of aromatic nitrogens is 2. The van der Waals surface area contributed by atoms with Crippen molar-refractivity contribution in [2.75, 3.05) is 30.8 Å². The molecule has 16 heavy (non-hydrogen) atoms. The molecule has 0 amide bonds. The summed E-state index contributed by atoms with van der Waals surface area (Å²) in [6, 6.07) is 1.87. The third-order valence-corrected chi connectivity index (χ3v) is 2.35. The first kappa shape index (κ1) is 12.7. The number of anilines is 2. The minimum Gasteiger partial charge on any atom is -0.396 e. The molecule has 0 aliphatic rings. The van der Waals surface area contributed by atoms with Gasteiger partial charge in [0.15, 0.2) is 0 Å². The summed E-state index contributed by atoms with van der Waals surface area (Å²) in [5.74, 6) is 2.80. The maximum atomic E-state index is 8.80. The second kappa shape index (κ2) is 6.27. The molecule has 90 valence electrons. The van der Waals surface area contributed by atoms with Crippen molar-refractivity contribution in [1.29, 1.82) is 0 Å². The Bertz CT molecular complexity index is 330. The van der Waals surface area contributed by atoms with Crippen LogP contribution in [-0.4, -0.2) is 35.3 Å². The Labute approximate surface area is 96.3 Å². The van der Waals surface area contributed by atoms with Gasteiger partial charge in [-0.1, -0.05) is 6.92 Å². The Morgan fingerprint density at radius 2 is 2.06 bits per heavy atom. The molecule has 1 aromatic heterocycles. The molecule has 0 bridgehead atoms. The van der Waals surface area contributed by atoms with Crippen LogP contribution < -0.4 is 10.6 Å². The van der Waals surface area contributed by atoms with Crippen LogP contribution in [0.4, 0.5) is 11.6 Å². The van der Waals surface area contributed by atoms with E-state index >= 15 is 0 Å². The number of hydrogen-bond acceptors (Lipinski definition) is 5. The first-order chi connectivity index (χ1) is 7.65. The van der Waals surface area contributed by atoms with Gasteiger partial charge < -0.3 is 15.7 Å². The molecule has 1 aromatic rings. The molecule has 0 aliphatic heterocycles. The molecule has 1 heterocycles. The third kappa shape index (κ3) is 4.02. The maximum Gasteiger partial charge on any atom is 0.131 e. The van der Waals surface area contributed by atoms with E-state index in [2.05, 4.69) is 27.5 Å². The predicted octanol–water partition coefficient (Wildman–Crippen LogP) is 1.26. The zero-order chi connectivity index (χ0) is 12.0. The average molecular weight is 224 g/mol. The zero-order valence-corrected chi connectivity index (χ0v) is 10.1. The Balaban J connectivity index is 2.56. The number of hydrogen-bond donors (Lipinski definition) is 3. The number of aliphatic hydroxyl groups is 1. The van der Waals surface area contributed by atoms with Gasteiger partial charge in [0.2, 0.25) is 0 Å². The fourth-order valence-electron chi connectivity index (χ4n) is 1.39. The van der Waals surface area contributed by atoms with E-state index in [4.69, 9.17) is 5.11 Å². The molecule has 1 rings (SSSR count). The van der Waals surface area contributed by atoms with E-state index in [0.29, 0.717) is 5.92 Å². The summed E-state index contributed by atoms with van der Waals surface area (Å²) < 4.78 is 0. The molecular weight excluding hydrogens is 204 g/mol. The van der Waals surface area contributed by atoms with Gasteiger partial charge >= 0.3 is 0 Å². The summed E-state index contributed by atoms with van der Waals surface area (Å²) in [7, 11) is 1.83. The van der Waals surface area contributed by atoms with Crippen molar-refractivity contribution in [3.05, 3.63) is 11.9 Å². The van der Waals surface area contributed by atoms with Gasteiger partial charge in [-0.15, -0.1) is 0 Å². The van der Waals surface area contributed by atoms with E-state index in [9.17, 15) is 0 Å². The fraction of sp³-hybridized carbons (Fsp3) is 0.636. The highest BCUT2D eigenvalue weighted by Gasteiger charge is 2.03. The highest BCUT2D eigenvalue weighted by Crippen LogP contribution is 2.11. The quantitative estimate of drug-likeness (QED) is 0.678. The van der Waals surface area contributed by atoms with Crippen molar-refractivity contribution in [3.63, 3.8) is 0 Å². The van der Waals surface area contributed by atoms with Crippen molar-refractivity contribution >= 4 is 11.6 Å². The minimum absolute atomic E-state index is 0.230. The molecule has 0 spiro atoms.